The van der Waals surface area contributed by atoms with Crippen LogP contribution < -0.4 is 5.56 Å². The van der Waals surface area contributed by atoms with Crippen LogP contribution in [0.3, 0.4) is 0 Å². The molecule has 1 aliphatic heterocycles. The number of thiophene rings is 1. The van der Waals surface area contributed by atoms with Crippen molar-refractivity contribution < 1.29 is 12.8 Å². The van der Waals surface area contributed by atoms with Crippen molar-refractivity contribution >= 4 is 31.4 Å². The van der Waals surface area contributed by atoms with E-state index >= 15 is 0 Å². The van der Waals surface area contributed by atoms with E-state index in [1.54, 1.807) is 12.3 Å². The second kappa shape index (κ2) is 6.08. The summed E-state index contributed by atoms with van der Waals surface area (Å²) in [6, 6.07) is 3.55. The molecule has 0 unspecified atom stereocenters. The summed E-state index contributed by atoms with van der Waals surface area (Å²) >= 11 is 1.39. The van der Waals surface area contributed by atoms with Crippen LogP contribution >= 0.6 is 11.3 Å². The lowest BCUT2D eigenvalue weighted by molar-refractivity contribution is 0.248. The Balaban J connectivity index is 1.63. The molecule has 0 radical (unpaired) electrons. The van der Waals surface area contributed by atoms with Crippen molar-refractivity contribution in [2.45, 2.75) is 19.0 Å². The fraction of sp³-hybridized carbons (Fsp3) is 0.375. The molecule has 0 aromatic carbocycles. The summed E-state index contributed by atoms with van der Waals surface area (Å²) in [5, 5.41) is 2.39. The van der Waals surface area contributed by atoms with Crippen LogP contribution in [0.4, 0.5) is 0 Å². The van der Waals surface area contributed by atoms with Gasteiger partial charge < -0.3 is 9.40 Å². The molecular formula is C16H17N3O4S2. The minimum atomic E-state index is -2.94. The summed E-state index contributed by atoms with van der Waals surface area (Å²) in [7, 11) is -1.08. The molecule has 1 aliphatic rings. The number of aromatic nitrogens is 2. The van der Waals surface area contributed by atoms with E-state index in [1.165, 1.54) is 11.3 Å². The van der Waals surface area contributed by atoms with Gasteiger partial charge in [-0.1, -0.05) is 0 Å². The van der Waals surface area contributed by atoms with Gasteiger partial charge in [0.15, 0.2) is 9.84 Å². The molecule has 3 aromatic rings. The predicted molar refractivity (Wildman–Crippen MR) is 96.5 cm³/mol. The van der Waals surface area contributed by atoms with E-state index in [2.05, 4.69) is 9.97 Å². The molecule has 0 spiro atoms. The number of rotatable bonds is 4. The molecule has 1 fully saturated rings. The van der Waals surface area contributed by atoms with Gasteiger partial charge in [0, 0.05) is 17.0 Å². The standard InChI is InChI=1S/C16H17N3O4S2/c1-19(10-4-6-25(21,22)9-10)7-13-17-15(20)14-11(8-24-16(14)18-13)12-3-2-5-23-12/h2-3,5,8,10H,4,6-7,9H2,1H3,(H,17,18,20)/t10-/m0/s1. The molecule has 9 heteroatoms. The Morgan fingerprint density at radius 2 is 2.32 bits per heavy atom. The van der Waals surface area contributed by atoms with Crippen molar-refractivity contribution in [3.05, 3.63) is 40.0 Å². The lowest BCUT2D eigenvalue weighted by atomic mass is 10.2. The topological polar surface area (TPSA) is 96.3 Å². The number of nitrogens with zero attached hydrogens (tertiary/aromatic N) is 2. The van der Waals surface area contributed by atoms with E-state index in [1.807, 2.05) is 23.4 Å². The van der Waals surface area contributed by atoms with Crippen LogP contribution in [-0.2, 0) is 16.4 Å². The van der Waals surface area contributed by atoms with Gasteiger partial charge in [-0.25, -0.2) is 13.4 Å². The third kappa shape index (κ3) is 3.14. The highest BCUT2D eigenvalue weighted by atomic mass is 32.2. The number of aromatic amines is 1. The zero-order chi connectivity index (χ0) is 17.6. The van der Waals surface area contributed by atoms with Crippen LogP contribution in [0.15, 0.2) is 33.0 Å². The summed E-state index contributed by atoms with van der Waals surface area (Å²) in [4.78, 5) is 22.5. The van der Waals surface area contributed by atoms with Gasteiger partial charge in [-0.05, 0) is 25.6 Å². The van der Waals surface area contributed by atoms with Crippen LogP contribution in [0, 0.1) is 0 Å². The molecule has 1 N–H and O–H groups in total. The van der Waals surface area contributed by atoms with E-state index in [-0.39, 0.29) is 23.1 Å². The zero-order valence-corrected chi connectivity index (χ0v) is 15.2. The molecule has 0 aliphatic carbocycles. The van der Waals surface area contributed by atoms with Crippen LogP contribution in [0.2, 0.25) is 0 Å². The van der Waals surface area contributed by atoms with E-state index in [0.29, 0.717) is 34.8 Å². The smallest absolute Gasteiger partial charge is 0.260 e. The maximum Gasteiger partial charge on any atom is 0.260 e. The van der Waals surface area contributed by atoms with Crippen LogP contribution in [0.1, 0.15) is 12.2 Å². The maximum atomic E-state index is 12.5. The lowest BCUT2D eigenvalue weighted by Gasteiger charge is -2.22. The highest BCUT2D eigenvalue weighted by Crippen LogP contribution is 2.31. The fourth-order valence-corrected chi connectivity index (χ4v) is 5.92. The fourth-order valence-electron chi connectivity index (χ4n) is 3.17. The Kier molecular flexibility index (Phi) is 4.01. The zero-order valence-electron chi connectivity index (χ0n) is 13.6. The molecule has 4 heterocycles. The molecule has 132 valence electrons. The van der Waals surface area contributed by atoms with Gasteiger partial charge >= 0.3 is 0 Å². The van der Waals surface area contributed by atoms with Crippen molar-refractivity contribution in [3.63, 3.8) is 0 Å². The number of hydrogen-bond donors (Lipinski definition) is 1. The van der Waals surface area contributed by atoms with Crippen molar-refractivity contribution in [2.24, 2.45) is 0 Å². The van der Waals surface area contributed by atoms with E-state index in [9.17, 15) is 13.2 Å². The SMILES string of the molecule is CN(Cc1nc2scc(-c3ccco3)c2c(=O)[nH]1)[C@H]1CCS(=O)(=O)C1. The van der Waals surface area contributed by atoms with Gasteiger partial charge in [0.1, 0.15) is 16.4 Å². The Labute approximate surface area is 148 Å². The quantitative estimate of drug-likeness (QED) is 0.743. The van der Waals surface area contributed by atoms with Gasteiger partial charge in [-0.2, -0.15) is 0 Å². The molecule has 25 heavy (non-hydrogen) atoms. The monoisotopic (exact) mass is 379 g/mol. The molecule has 3 aromatic heterocycles. The van der Waals surface area contributed by atoms with Gasteiger partial charge in [0.05, 0.1) is 29.7 Å². The summed E-state index contributed by atoms with van der Waals surface area (Å²) in [6.45, 7) is 0.402. The Morgan fingerprint density at radius 1 is 1.48 bits per heavy atom. The van der Waals surface area contributed by atoms with Crippen molar-refractivity contribution in [1.29, 1.82) is 0 Å². The molecular weight excluding hydrogens is 362 g/mol. The van der Waals surface area contributed by atoms with Crippen molar-refractivity contribution in [3.8, 4) is 11.3 Å². The normalized spacial score (nSPS) is 19.8. The number of H-pyrrole nitrogens is 1. The minimum absolute atomic E-state index is 0.0342. The predicted octanol–water partition coefficient (Wildman–Crippen LogP) is 1.86. The molecule has 0 saturated carbocycles. The van der Waals surface area contributed by atoms with Gasteiger partial charge in [-0.15, -0.1) is 11.3 Å². The Bertz CT molecular complexity index is 1070. The van der Waals surface area contributed by atoms with Crippen LogP contribution in [0.5, 0.6) is 0 Å². The first kappa shape index (κ1) is 16.5. The number of sulfone groups is 1. The lowest BCUT2D eigenvalue weighted by Crippen LogP contribution is -2.33. The van der Waals surface area contributed by atoms with Crippen LogP contribution in [0.25, 0.3) is 21.5 Å². The van der Waals surface area contributed by atoms with E-state index in [4.69, 9.17) is 4.42 Å². The second-order valence-corrected chi connectivity index (χ2v) is 9.38. The Morgan fingerprint density at radius 3 is 3.00 bits per heavy atom. The summed E-state index contributed by atoms with van der Waals surface area (Å²) in [5.41, 5.74) is 0.528. The second-order valence-electron chi connectivity index (χ2n) is 6.29. The molecule has 1 atom stereocenters. The number of hydrogen-bond acceptors (Lipinski definition) is 7. The molecule has 0 bridgehead atoms. The molecule has 1 saturated heterocycles. The van der Waals surface area contributed by atoms with Gasteiger partial charge in [0.2, 0.25) is 0 Å². The summed E-state index contributed by atoms with van der Waals surface area (Å²) in [5.74, 6) is 1.57. The van der Waals surface area contributed by atoms with Crippen molar-refractivity contribution in [1.82, 2.24) is 14.9 Å². The molecule has 0 amide bonds. The average molecular weight is 379 g/mol. The first-order valence-electron chi connectivity index (χ1n) is 7.88. The molecule has 7 nitrogen and oxygen atoms in total. The molecule has 4 rings (SSSR count). The summed E-state index contributed by atoms with van der Waals surface area (Å²) < 4.78 is 28.7. The van der Waals surface area contributed by atoms with Crippen LogP contribution in [-0.4, -0.2) is 47.9 Å². The third-order valence-corrected chi connectivity index (χ3v) is 7.13. The highest BCUT2D eigenvalue weighted by Gasteiger charge is 2.30. The number of fused-ring (bicyclic) bond motifs is 1. The largest absolute Gasteiger partial charge is 0.464 e. The van der Waals surface area contributed by atoms with Gasteiger partial charge in [-0.3, -0.25) is 9.69 Å². The number of nitrogens with one attached hydrogen (secondary N) is 1. The third-order valence-electron chi connectivity index (χ3n) is 4.51. The highest BCUT2D eigenvalue weighted by molar-refractivity contribution is 7.91. The first-order chi connectivity index (χ1) is 11.9. The van der Waals surface area contributed by atoms with E-state index in [0.717, 1.165) is 5.56 Å². The minimum Gasteiger partial charge on any atom is -0.464 e. The summed E-state index contributed by atoms with van der Waals surface area (Å²) in [6.07, 6.45) is 2.19. The van der Waals surface area contributed by atoms with Crippen molar-refractivity contribution in [2.75, 3.05) is 18.6 Å². The average Bonchev–Trinajstić information content (AvgIpc) is 3.25. The Hall–Kier alpha value is -1.97. The van der Waals surface area contributed by atoms with E-state index < -0.39 is 9.84 Å². The first-order valence-corrected chi connectivity index (χ1v) is 10.6. The number of furan rings is 1. The maximum absolute atomic E-state index is 12.5. The van der Waals surface area contributed by atoms with Gasteiger partial charge in [0.25, 0.3) is 5.56 Å².